The van der Waals surface area contributed by atoms with Crippen LogP contribution >= 0.6 is 0 Å². The van der Waals surface area contributed by atoms with Gasteiger partial charge in [0.25, 0.3) is 0 Å². The van der Waals surface area contributed by atoms with Gasteiger partial charge in [-0.05, 0) is 49.7 Å². The van der Waals surface area contributed by atoms with Gasteiger partial charge in [-0.2, -0.15) is 0 Å². The van der Waals surface area contributed by atoms with Crippen molar-refractivity contribution < 1.29 is 4.42 Å². The summed E-state index contributed by atoms with van der Waals surface area (Å²) in [5, 5.41) is 3.78. The molecule has 0 saturated heterocycles. The van der Waals surface area contributed by atoms with Gasteiger partial charge in [-0.3, -0.25) is 0 Å². The van der Waals surface area contributed by atoms with Gasteiger partial charge in [-0.1, -0.05) is 20.8 Å². The number of hydrogen-bond acceptors (Lipinski definition) is 2. The zero-order chi connectivity index (χ0) is 13.2. The Morgan fingerprint density at radius 3 is 2.83 bits per heavy atom. The minimum atomic E-state index is 0.486. The lowest BCUT2D eigenvalue weighted by molar-refractivity contribution is 0.145. The summed E-state index contributed by atoms with van der Waals surface area (Å²) in [6, 6.07) is 5.18. The van der Waals surface area contributed by atoms with Crippen LogP contribution in [0.1, 0.15) is 52.7 Å². The van der Waals surface area contributed by atoms with Crippen LogP contribution < -0.4 is 5.32 Å². The SMILES string of the molecule is CC1CC(NC(C)Cc2ccco2)CC(C)(C)C1. The third kappa shape index (κ3) is 3.88. The standard InChI is InChI=1S/C16H27NO/c1-12-8-14(11-16(3,4)10-12)17-13(2)9-15-6-5-7-18-15/h5-7,12-14,17H,8-11H2,1-4H3. The van der Waals surface area contributed by atoms with Crippen molar-refractivity contribution in [1.82, 2.24) is 5.32 Å². The molecule has 1 N–H and O–H groups in total. The molecule has 2 rings (SSSR count). The smallest absolute Gasteiger partial charge is 0.105 e. The summed E-state index contributed by atoms with van der Waals surface area (Å²) >= 11 is 0. The minimum Gasteiger partial charge on any atom is -0.469 e. The van der Waals surface area contributed by atoms with Gasteiger partial charge in [-0.25, -0.2) is 0 Å². The molecule has 2 nitrogen and oxygen atoms in total. The van der Waals surface area contributed by atoms with Gasteiger partial charge < -0.3 is 9.73 Å². The van der Waals surface area contributed by atoms with Crippen molar-refractivity contribution in [3.63, 3.8) is 0 Å². The first kappa shape index (κ1) is 13.7. The van der Waals surface area contributed by atoms with Gasteiger partial charge in [0.15, 0.2) is 0 Å². The lowest BCUT2D eigenvalue weighted by Gasteiger charge is -2.40. The average molecular weight is 249 g/mol. The van der Waals surface area contributed by atoms with Crippen molar-refractivity contribution in [2.45, 2.75) is 65.5 Å². The van der Waals surface area contributed by atoms with Crippen LogP contribution in [-0.2, 0) is 6.42 Å². The van der Waals surface area contributed by atoms with Crippen molar-refractivity contribution in [3.05, 3.63) is 24.2 Å². The highest BCUT2D eigenvalue weighted by Gasteiger charge is 2.32. The van der Waals surface area contributed by atoms with Gasteiger partial charge in [0, 0.05) is 18.5 Å². The maximum Gasteiger partial charge on any atom is 0.105 e. The van der Waals surface area contributed by atoms with Crippen LogP contribution in [0, 0.1) is 11.3 Å². The van der Waals surface area contributed by atoms with E-state index in [1.807, 2.05) is 6.07 Å². The molecule has 1 aromatic heterocycles. The molecule has 18 heavy (non-hydrogen) atoms. The highest BCUT2D eigenvalue weighted by Crippen LogP contribution is 2.38. The topological polar surface area (TPSA) is 25.2 Å². The van der Waals surface area contributed by atoms with Crippen LogP contribution in [0.5, 0.6) is 0 Å². The summed E-state index contributed by atoms with van der Waals surface area (Å²) in [5.74, 6) is 1.92. The first-order valence-electron chi connectivity index (χ1n) is 7.23. The van der Waals surface area contributed by atoms with E-state index >= 15 is 0 Å². The van der Waals surface area contributed by atoms with Crippen LogP contribution in [0.3, 0.4) is 0 Å². The fourth-order valence-electron chi connectivity index (χ4n) is 3.66. The van der Waals surface area contributed by atoms with E-state index in [0.29, 0.717) is 17.5 Å². The Hall–Kier alpha value is -0.760. The van der Waals surface area contributed by atoms with Gasteiger partial charge in [-0.15, -0.1) is 0 Å². The molecule has 0 bridgehead atoms. The number of furan rings is 1. The molecule has 3 atom stereocenters. The Morgan fingerprint density at radius 2 is 2.22 bits per heavy atom. The van der Waals surface area contributed by atoms with Gasteiger partial charge in [0.1, 0.15) is 5.76 Å². The molecule has 3 unspecified atom stereocenters. The highest BCUT2D eigenvalue weighted by atomic mass is 16.3. The van der Waals surface area contributed by atoms with Crippen molar-refractivity contribution in [1.29, 1.82) is 0 Å². The number of nitrogens with one attached hydrogen (secondary N) is 1. The Labute approximate surface area is 111 Å². The van der Waals surface area contributed by atoms with Crippen LogP contribution in [0.25, 0.3) is 0 Å². The predicted molar refractivity (Wildman–Crippen MR) is 75.6 cm³/mol. The molecule has 0 spiro atoms. The Kier molecular flexibility index (Phi) is 4.16. The largest absolute Gasteiger partial charge is 0.469 e. The zero-order valence-electron chi connectivity index (χ0n) is 12.2. The first-order valence-corrected chi connectivity index (χ1v) is 7.23. The van der Waals surface area contributed by atoms with Crippen LogP contribution in [-0.4, -0.2) is 12.1 Å². The van der Waals surface area contributed by atoms with Crippen molar-refractivity contribution >= 4 is 0 Å². The summed E-state index contributed by atoms with van der Waals surface area (Å²) in [4.78, 5) is 0. The number of hydrogen-bond donors (Lipinski definition) is 1. The van der Waals surface area contributed by atoms with E-state index in [0.717, 1.165) is 18.1 Å². The van der Waals surface area contributed by atoms with Crippen LogP contribution in [0.15, 0.2) is 22.8 Å². The number of rotatable bonds is 4. The zero-order valence-corrected chi connectivity index (χ0v) is 12.2. The second-order valence-corrected chi connectivity index (χ2v) is 6.96. The monoisotopic (exact) mass is 249 g/mol. The molecule has 0 aromatic carbocycles. The molecule has 0 aliphatic heterocycles. The van der Waals surface area contributed by atoms with Crippen molar-refractivity contribution in [2.75, 3.05) is 0 Å². The molecule has 1 aliphatic rings. The molecular formula is C16H27NO. The van der Waals surface area contributed by atoms with Crippen molar-refractivity contribution in [3.8, 4) is 0 Å². The maximum atomic E-state index is 5.42. The normalized spacial score (nSPS) is 29.1. The maximum absolute atomic E-state index is 5.42. The minimum absolute atomic E-state index is 0.486. The third-order valence-electron chi connectivity index (χ3n) is 3.99. The molecule has 102 valence electrons. The summed E-state index contributed by atoms with van der Waals surface area (Å²) in [6.45, 7) is 9.44. The van der Waals surface area contributed by atoms with E-state index in [1.54, 1.807) is 6.26 Å². The van der Waals surface area contributed by atoms with Gasteiger partial charge in [0.05, 0.1) is 6.26 Å². The second-order valence-electron chi connectivity index (χ2n) is 6.96. The molecule has 0 radical (unpaired) electrons. The Morgan fingerprint density at radius 1 is 1.44 bits per heavy atom. The molecule has 2 heteroatoms. The van der Waals surface area contributed by atoms with E-state index < -0.39 is 0 Å². The molecule has 1 fully saturated rings. The molecule has 0 amide bonds. The molecule has 1 aromatic rings. The second kappa shape index (κ2) is 5.48. The van der Waals surface area contributed by atoms with E-state index in [4.69, 9.17) is 4.42 Å². The lowest BCUT2D eigenvalue weighted by Crippen LogP contribution is -2.44. The van der Waals surface area contributed by atoms with E-state index in [2.05, 4.69) is 39.1 Å². The summed E-state index contributed by atoms with van der Waals surface area (Å²) in [6.07, 6.45) is 6.70. The van der Waals surface area contributed by atoms with E-state index in [9.17, 15) is 0 Å². The Bertz CT molecular complexity index is 355. The van der Waals surface area contributed by atoms with Gasteiger partial charge >= 0.3 is 0 Å². The first-order chi connectivity index (χ1) is 8.44. The highest BCUT2D eigenvalue weighted by molar-refractivity contribution is 5.00. The molecular weight excluding hydrogens is 222 g/mol. The van der Waals surface area contributed by atoms with Crippen LogP contribution in [0.4, 0.5) is 0 Å². The van der Waals surface area contributed by atoms with Crippen molar-refractivity contribution in [2.24, 2.45) is 11.3 Å². The summed E-state index contributed by atoms with van der Waals surface area (Å²) in [7, 11) is 0. The summed E-state index contributed by atoms with van der Waals surface area (Å²) in [5.41, 5.74) is 0.486. The fourth-order valence-corrected chi connectivity index (χ4v) is 3.66. The molecule has 1 aliphatic carbocycles. The predicted octanol–water partition coefficient (Wildman–Crippen LogP) is 4.02. The lowest BCUT2D eigenvalue weighted by atomic mass is 9.70. The molecule has 1 heterocycles. The van der Waals surface area contributed by atoms with E-state index in [-0.39, 0.29) is 0 Å². The average Bonchev–Trinajstić information content (AvgIpc) is 2.66. The fraction of sp³-hybridized carbons (Fsp3) is 0.750. The third-order valence-corrected chi connectivity index (χ3v) is 3.99. The quantitative estimate of drug-likeness (QED) is 0.872. The summed E-state index contributed by atoms with van der Waals surface area (Å²) < 4.78 is 5.42. The van der Waals surface area contributed by atoms with Crippen LogP contribution in [0.2, 0.25) is 0 Å². The van der Waals surface area contributed by atoms with Gasteiger partial charge in [0.2, 0.25) is 0 Å². The molecule has 1 saturated carbocycles. The Balaban J connectivity index is 1.85. The van der Waals surface area contributed by atoms with E-state index in [1.165, 1.54) is 19.3 Å².